The lowest BCUT2D eigenvalue weighted by Gasteiger charge is -2.33. The molecule has 1 aliphatic rings. The number of hydrogen-bond acceptors (Lipinski definition) is 4. The van der Waals surface area contributed by atoms with Crippen LogP contribution in [0.25, 0.3) is 0 Å². The Morgan fingerprint density at radius 2 is 2.12 bits per heavy atom. The van der Waals surface area contributed by atoms with E-state index in [1.807, 2.05) is 20.8 Å². The molecule has 2 heterocycles. The first-order valence-electron chi connectivity index (χ1n) is 9.55. The summed E-state index contributed by atoms with van der Waals surface area (Å²) in [5, 5.41) is 11.3. The predicted octanol–water partition coefficient (Wildman–Crippen LogP) is 2.81. The maximum absolute atomic E-state index is 12.2. The van der Waals surface area contributed by atoms with Crippen LogP contribution in [0.3, 0.4) is 0 Å². The summed E-state index contributed by atoms with van der Waals surface area (Å²) in [7, 11) is -0.854. The predicted molar refractivity (Wildman–Crippen MR) is 114 cm³/mol. The van der Waals surface area contributed by atoms with Crippen LogP contribution < -0.4 is 10.6 Å². The number of rotatable bonds is 7. The third-order valence-electron chi connectivity index (χ3n) is 4.49. The highest BCUT2D eigenvalue weighted by atomic mass is 32.2. The zero-order valence-electron chi connectivity index (χ0n) is 16.6. The van der Waals surface area contributed by atoms with Crippen molar-refractivity contribution in [3.05, 3.63) is 22.4 Å². The van der Waals surface area contributed by atoms with Crippen molar-refractivity contribution in [1.29, 1.82) is 0 Å². The number of guanidine groups is 1. The van der Waals surface area contributed by atoms with Crippen LogP contribution in [-0.4, -0.2) is 57.8 Å². The van der Waals surface area contributed by atoms with E-state index in [2.05, 4.69) is 44.3 Å². The number of aliphatic imine (C=N–C) groups is 1. The molecule has 7 heteroatoms. The lowest BCUT2D eigenvalue weighted by molar-refractivity contribution is 0.198. The summed E-state index contributed by atoms with van der Waals surface area (Å²) in [6.45, 7) is 12.8. The van der Waals surface area contributed by atoms with Crippen molar-refractivity contribution in [2.75, 3.05) is 31.9 Å². The molecular formula is C19H34N4OS2. The summed E-state index contributed by atoms with van der Waals surface area (Å²) in [6.07, 6.45) is 2.25. The SMILES string of the molecule is CCNC(=NCCS(=O)C(C)(C)C)NC1CCN(Cc2ccsc2)CC1. The third-order valence-corrected chi connectivity index (χ3v) is 7.14. The van der Waals surface area contributed by atoms with Gasteiger partial charge in [0.1, 0.15) is 0 Å². The Labute approximate surface area is 165 Å². The van der Waals surface area contributed by atoms with E-state index in [0.29, 0.717) is 18.3 Å². The maximum Gasteiger partial charge on any atom is 0.191 e. The molecule has 1 saturated heterocycles. The Morgan fingerprint density at radius 3 is 2.69 bits per heavy atom. The highest BCUT2D eigenvalue weighted by Crippen LogP contribution is 2.15. The maximum atomic E-state index is 12.2. The number of piperidine rings is 1. The summed E-state index contributed by atoms with van der Waals surface area (Å²) in [6, 6.07) is 2.67. The molecule has 1 atom stereocenters. The van der Waals surface area contributed by atoms with Crippen molar-refractivity contribution < 1.29 is 4.21 Å². The highest BCUT2D eigenvalue weighted by molar-refractivity contribution is 7.86. The minimum absolute atomic E-state index is 0.170. The minimum Gasteiger partial charge on any atom is -0.357 e. The van der Waals surface area contributed by atoms with Gasteiger partial charge in [0.05, 0.1) is 6.54 Å². The molecule has 1 unspecified atom stereocenters. The molecule has 1 fully saturated rings. The molecule has 1 aliphatic heterocycles. The highest BCUT2D eigenvalue weighted by Gasteiger charge is 2.21. The summed E-state index contributed by atoms with van der Waals surface area (Å²) >= 11 is 1.77. The number of hydrogen-bond donors (Lipinski definition) is 2. The number of thiophene rings is 1. The Kier molecular flexibility index (Phi) is 8.57. The van der Waals surface area contributed by atoms with Crippen LogP contribution in [0, 0.1) is 0 Å². The van der Waals surface area contributed by atoms with Crippen molar-refractivity contribution in [1.82, 2.24) is 15.5 Å². The third kappa shape index (κ3) is 7.37. The molecule has 2 rings (SSSR count). The molecule has 0 bridgehead atoms. The van der Waals surface area contributed by atoms with Crippen LogP contribution in [0.5, 0.6) is 0 Å². The van der Waals surface area contributed by atoms with E-state index < -0.39 is 10.8 Å². The monoisotopic (exact) mass is 398 g/mol. The van der Waals surface area contributed by atoms with Gasteiger partial charge < -0.3 is 10.6 Å². The summed E-state index contributed by atoms with van der Waals surface area (Å²) in [5.41, 5.74) is 1.42. The molecule has 0 aliphatic carbocycles. The van der Waals surface area contributed by atoms with Crippen LogP contribution >= 0.6 is 11.3 Å². The van der Waals surface area contributed by atoms with Crippen molar-refractivity contribution >= 4 is 28.1 Å². The Hall–Kier alpha value is -0.920. The fourth-order valence-corrected chi connectivity index (χ4v) is 4.47. The van der Waals surface area contributed by atoms with E-state index in [4.69, 9.17) is 0 Å². The standard InChI is InChI=1S/C19H34N4OS2/c1-5-20-18(21-9-13-26(24)19(2,3)4)22-17-6-10-23(11-7-17)14-16-8-12-25-15-16/h8,12,15,17H,5-7,9-11,13-14H2,1-4H3,(H2,20,21,22). The summed E-state index contributed by atoms with van der Waals surface area (Å²) in [4.78, 5) is 7.15. The van der Waals surface area contributed by atoms with E-state index in [0.717, 1.165) is 45.0 Å². The molecule has 0 aromatic carbocycles. The van der Waals surface area contributed by atoms with E-state index in [-0.39, 0.29) is 4.75 Å². The van der Waals surface area contributed by atoms with Crippen LogP contribution in [0.15, 0.2) is 21.8 Å². The average Bonchev–Trinajstić information content (AvgIpc) is 3.09. The van der Waals surface area contributed by atoms with E-state index >= 15 is 0 Å². The van der Waals surface area contributed by atoms with Gasteiger partial charge in [-0.2, -0.15) is 11.3 Å². The minimum atomic E-state index is -0.854. The lowest BCUT2D eigenvalue weighted by atomic mass is 10.0. The summed E-state index contributed by atoms with van der Waals surface area (Å²) in [5.74, 6) is 1.47. The van der Waals surface area contributed by atoms with Gasteiger partial charge in [0.2, 0.25) is 0 Å². The molecule has 0 saturated carbocycles. The van der Waals surface area contributed by atoms with Gasteiger partial charge in [-0.25, -0.2) is 0 Å². The number of nitrogens with one attached hydrogen (secondary N) is 2. The molecule has 148 valence electrons. The second-order valence-electron chi connectivity index (χ2n) is 7.75. The second-order valence-corrected chi connectivity index (χ2v) is 10.9. The summed E-state index contributed by atoms with van der Waals surface area (Å²) < 4.78 is 12.0. The molecule has 26 heavy (non-hydrogen) atoms. The van der Waals surface area contributed by atoms with Crippen LogP contribution in [0.2, 0.25) is 0 Å². The largest absolute Gasteiger partial charge is 0.357 e. The first kappa shape index (κ1) is 21.4. The lowest BCUT2D eigenvalue weighted by Crippen LogP contribution is -2.48. The van der Waals surface area contributed by atoms with Crippen LogP contribution in [-0.2, 0) is 17.3 Å². The van der Waals surface area contributed by atoms with E-state index in [1.54, 1.807) is 11.3 Å². The molecule has 2 N–H and O–H groups in total. The second kappa shape index (κ2) is 10.4. The van der Waals surface area contributed by atoms with Gasteiger partial charge in [0, 0.05) is 53.5 Å². The Balaban J connectivity index is 1.77. The van der Waals surface area contributed by atoms with Gasteiger partial charge in [-0.1, -0.05) is 0 Å². The van der Waals surface area contributed by atoms with Crippen molar-refractivity contribution in [3.63, 3.8) is 0 Å². The molecule has 0 amide bonds. The molecule has 1 aromatic rings. The molecular weight excluding hydrogens is 364 g/mol. The number of nitrogens with zero attached hydrogens (tertiary/aromatic N) is 2. The van der Waals surface area contributed by atoms with Gasteiger partial charge in [-0.3, -0.25) is 14.1 Å². The first-order chi connectivity index (χ1) is 12.4. The van der Waals surface area contributed by atoms with Crippen molar-refractivity contribution in [2.45, 2.75) is 57.9 Å². The Bertz CT molecular complexity index is 573. The van der Waals surface area contributed by atoms with Crippen molar-refractivity contribution in [2.24, 2.45) is 4.99 Å². The fraction of sp³-hybridized carbons (Fsp3) is 0.737. The van der Waals surface area contributed by atoms with E-state index in [9.17, 15) is 4.21 Å². The smallest absolute Gasteiger partial charge is 0.191 e. The van der Waals surface area contributed by atoms with Gasteiger partial charge in [0.15, 0.2) is 5.96 Å². The normalized spacial score (nSPS) is 18.7. The molecule has 5 nitrogen and oxygen atoms in total. The zero-order valence-corrected chi connectivity index (χ0v) is 18.2. The van der Waals surface area contributed by atoms with Gasteiger partial charge in [0.25, 0.3) is 0 Å². The van der Waals surface area contributed by atoms with Gasteiger partial charge in [-0.15, -0.1) is 0 Å². The average molecular weight is 399 g/mol. The molecule has 0 radical (unpaired) electrons. The quantitative estimate of drug-likeness (QED) is 0.548. The molecule has 0 spiro atoms. The Morgan fingerprint density at radius 1 is 1.38 bits per heavy atom. The van der Waals surface area contributed by atoms with Gasteiger partial charge >= 0.3 is 0 Å². The van der Waals surface area contributed by atoms with Gasteiger partial charge in [-0.05, 0) is 62.9 Å². The van der Waals surface area contributed by atoms with E-state index in [1.165, 1.54) is 5.56 Å². The zero-order chi connectivity index (χ0) is 19.0. The van der Waals surface area contributed by atoms with Crippen molar-refractivity contribution in [3.8, 4) is 0 Å². The fourth-order valence-electron chi connectivity index (χ4n) is 2.94. The van der Waals surface area contributed by atoms with Crippen LogP contribution in [0.4, 0.5) is 0 Å². The van der Waals surface area contributed by atoms with Crippen LogP contribution in [0.1, 0.15) is 46.1 Å². The first-order valence-corrected chi connectivity index (χ1v) is 11.8. The number of likely N-dealkylation sites (tertiary alicyclic amines) is 1. The topological polar surface area (TPSA) is 56.7 Å². The molecule has 1 aromatic heterocycles.